The molecule has 0 spiro atoms. The molecule has 8 heteroatoms. The van der Waals surface area contributed by atoms with E-state index in [4.69, 9.17) is 15.6 Å². The van der Waals surface area contributed by atoms with Crippen molar-refractivity contribution in [3.05, 3.63) is 39.9 Å². The van der Waals surface area contributed by atoms with Crippen molar-refractivity contribution in [2.24, 2.45) is 5.73 Å². The van der Waals surface area contributed by atoms with Crippen LogP contribution in [-0.2, 0) is 14.3 Å². The number of nitrogens with two attached hydrogens (primary N) is 1. The summed E-state index contributed by atoms with van der Waals surface area (Å²) in [5.74, 6) is -2.65. The van der Waals surface area contributed by atoms with Gasteiger partial charge in [0.2, 0.25) is 0 Å². The lowest BCUT2D eigenvalue weighted by atomic mass is 9.89. The van der Waals surface area contributed by atoms with Crippen LogP contribution in [0.25, 0.3) is 0 Å². The van der Waals surface area contributed by atoms with Gasteiger partial charge in [-0.15, -0.1) is 0 Å². The van der Waals surface area contributed by atoms with Crippen molar-refractivity contribution in [2.75, 3.05) is 6.61 Å². The van der Waals surface area contributed by atoms with Gasteiger partial charge in [-0.1, -0.05) is 12.1 Å². The summed E-state index contributed by atoms with van der Waals surface area (Å²) in [6.07, 6.45) is -0.209. The van der Waals surface area contributed by atoms with Gasteiger partial charge in [0.25, 0.3) is 5.69 Å². The lowest BCUT2D eigenvalue weighted by Crippen LogP contribution is -2.37. The number of carboxylic acids is 1. The van der Waals surface area contributed by atoms with Crippen LogP contribution in [0.2, 0.25) is 0 Å². The van der Waals surface area contributed by atoms with Crippen molar-refractivity contribution in [3.63, 3.8) is 0 Å². The molecule has 1 aromatic carbocycles. The summed E-state index contributed by atoms with van der Waals surface area (Å²) in [5, 5.41) is 19.6. The van der Waals surface area contributed by atoms with Gasteiger partial charge in [0.1, 0.15) is 6.04 Å². The number of rotatable bonds is 7. The van der Waals surface area contributed by atoms with Crippen LogP contribution < -0.4 is 5.73 Å². The van der Waals surface area contributed by atoms with Crippen molar-refractivity contribution >= 4 is 17.6 Å². The van der Waals surface area contributed by atoms with Gasteiger partial charge >= 0.3 is 11.9 Å². The molecule has 1 rings (SSSR count). The summed E-state index contributed by atoms with van der Waals surface area (Å²) in [5.41, 5.74) is 5.90. The van der Waals surface area contributed by atoms with Gasteiger partial charge in [-0.25, -0.2) is 0 Å². The zero-order valence-corrected chi connectivity index (χ0v) is 11.4. The Morgan fingerprint density at radius 2 is 1.95 bits per heavy atom. The number of esters is 1. The molecule has 0 unspecified atom stereocenters. The monoisotopic (exact) mass is 296 g/mol. The first kappa shape index (κ1) is 16.6. The van der Waals surface area contributed by atoms with E-state index in [0.717, 1.165) is 0 Å². The average molecular weight is 296 g/mol. The smallest absolute Gasteiger partial charge is 0.321 e. The second kappa shape index (κ2) is 7.34. The molecule has 2 atom stereocenters. The second-order valence-electron chi connectivity index (χ2n) is 4.33. The summed E-state index contributed by atoms with van der Waals surface area (Å²) < 4.78 is 4.79. The third kappa shape index (κ3) is 4.53. The lowest BCUT2D eigenvalue weighted by Gasteiger charge is -2.20. The van der Waals surface area contributed by atoms with Gasteiger partial charge in [-0.2, -0.15) is 0 Å². The number of nitrogens with zero attached hydrogens (tertiary/aromatic N) is 1. The minimum atomic E-state index is -1.31. The van der Waals surface area contributed by atoms with E-state index in [-0.39, 0.29) is 18.7 Å². The number of nitro groups is 1. The van der Waals surface area contributed by atoms with Crippen molar-refractivity contribution in [1.29, 1.82) is 0 Å². The maximum absolute atomic E-state index is 11.6. The molecule has 0 aromatic heterocycles. The topological polar surface area (TPSA) is 133 Å². The normalized spacial score (nSPS) is 13.2. The van der Waals surface area contributed by atoms with Crippen LogP contribution in [0, 0.1) is 10.1 Å². The Hall–Kier alpha value is -2.48. The van der Waals surface area contributed by atoms with Crippen LogP contribution in [0.5, 0.6) is 0 Å². The fourth-order valence-corrected chi connectivity index (χ4v) is 1.87. The highest BCUT2D eigenvalue weighted by Crippen LogP contribution is 2.25. The van der Waals surface area contributed by atoms with Gasteiger partial charge in [0.15, 0.2) is 0 Å². The van der Waals surface area contributed by atoms with Gasteiger partial charge in [-0.05, 0) is 12.5 Å². The van der Waals surface area contributed by atoms with Crippen molar-refractivity contribution in [2.45, 2.75) is 25.3 Å². The molecule has 114 valence electrons. The highest BCUT2D eigenvalue weighted by Gasteiger charge is 2.29. The third-order valence-corrected chi connectivity index (χ3v) is 2.94. The Labute approximate surface area is 120 Å². The van der Waals surface area contributed by atoms with Crippen molar-refractivity contribution in [3.8, 4) is 0 Å². The lowest BCUT2D eigenvalue weighted by molar-refractivity contribution is -0.384. The third-order valence-electron chi connectivity index (χ3n) is 2.94. The van der Waals surface area contributed by atoms with E-state index in [0.29, 0.717) is 5.56 Å². The molecular weight excluding hydrogens is 280 g/mol. The van der Waals surface area contributed by atoms with Crippen LogP contribution in [0.3, 0.4) is 0 Å². The molecule has 0 fully saturated rings. The molecule has 1 aromatic rings. The number of ether oxygens (including phenoxy) is 1. The first-order valence-corrected chi connectivity index (χ1v) is 6.25. The maximum Gasteiger partial charge on any atom is 0.321 e. The van der Waals surface area contributed by atoms with E-state index in [9.17, 15) is 19.7 Å². The first-order valence-electron chi connectivity index (χ1n) is 6.25. The summed E-state index contributed by atoms with van der Waals surface area (Å²) in [4.78, 5) is 32.6. The summed E-state index contributed by atoms with van der Waals surface area (Å²) in [6.45, 7) is 1.81. The highest BCUT2D eigenvalue weighted by atomic mass is 16.6. The Morgan fingerprint density at radius 1 is 1.38 bits per heavy atom. The zero-order valence-electron chi connectivity index (χ0n) is 11.4. The molecule has 0 amide bonds. The Kier molecular flexibility index (Phi) is 5.79. The number of aliphatic carboxylic acids is 1. The van der Waals surface area contributed by atoms with Crippen molar-refractivity contribution in [1.82, 2.24) is 0 Å². The molecule has 3 N–H and O–H groups in total. The molecule has 0 heterocycles. The first-order chi connectivity index (χ1) is 9.86. The van der Waals surface area contributed by atoms with Crippen LogP contribution in [-0.4, -0.2) is 34.6 Å². The van der Waals surface area contributed by atoms with E-state index < -0.39 is 28.8 Å². The zero-order chi connectivity index (χ0) is 16.0. The molecule has 0 saturated carbocycles. The number of carbonyl (C=O) groups is 2. The van der Waals surface area contributed by atoms with Gasteiger partial charge in [0.05, 0.1) is 18.0 Å². The molecular formula is C13H16N2O6. The van der Waals surface area contributed by atoms with E-state index in [1.807, 2.05) is 0 Å². The molecule has 8 nitrogen and oxygen atoms in total. The van der Waals surface area contributed by atoms with Gasteiger partial charge in [-0.3, -0.25) is 19.7 Å². The van der Waals surface area contributed by atoms with Gasteiger partial charge in [0, 0.05) is 18.1 Å². The number of hydrogen-bond acceptors (Lipinski definition) is 6. The average Bonchev–Trinajstić information content (AvgIpc) is 2.44. The summed E-state index contributed by atoms with van der Waals surface area (Å²) in [7, 11) is 0. The predicted molar refractivity (Wildman–Crippen MR) is 72.7 cm³/mol. The molecule has 0 aliphatic carbocycles. The van der Waals surface area contributed by atoms with E-state index in [2.05, 4.69) is 0 Å². The van der Waals surface area contributed by atoms with E-state index in [1.165, 1.54) is 24.3 Å². The SMILES string of the molecule is CCOC(=O)C[C@@H](c1ccc([N+](=O)[O-])cc1)[C@@H](N)C(=O)O. The molecule has 0 bridgehead atoms. The number of carbonyl (C=O) groups excluding carboxylic acids is 1. The highest BCUT2D eigenvalue weighted by molar-refractivity contribution is 5.77. The molecule has 0 saturated heterocycles. The standard InChI is InChI=1S/C13H16N2O6/c1-2-21-11(16)7-10(12(14)13(17)18)8-3-5-9(6-4-8)15(19)20/h3-6,10,12H,2,7,14H2,1H3,(H,17,18)/t10-,12+/m0/s1. The Balaban J connectivity index is 3.02. The molecule has 0 aliphatic heterocycles. The fraction of sp³-hybridized carbons (Fsp3) is 0.385. The Morgan fingerprint density at radius 3 is 2.38 bits per heavy atom. The number of non-ortho nitro benzene ring substituents is 1. The second-order valence-corrected chi connectivity index (χ2v) is 4.33. The number of hydrogen-bond donors (Lipinski definition) is 2. The van der Waals surface area contributed by atoms with Crippen LogP contribution in [0.4, 0.5) is 5.69 Å². The van der Waals surface area contributed by atoms with Crippen molar-refractivity contribution < 1.29 is 24.4 Å². The minimum Gasteiger partial charge on any atom is -0.480 e. The number of nitro benzene ring substituents is 1. The summed E-state index contributed by atoms with van der Waals surface area (Å²) in [6, 6.07) is 3.95. The fourth-order valence-electron chi connectivity index (χ4n) is 1.87. The molecule has 21 heavy (non-hydrogen) atoms. The van der Waals surface area contributed by atoms with E-state index in [1.54, 1.807) is 6.92 Å². The van der Waals surface area contributed by atoms with Crippen LogP contribution in [0.15, 0.2) is 24.3 Å². The summed E-state index contributed by atoms with van der Waals surface area (Å²) >= 11 is 0. The van der Waals surface area contributed by atoms with Crippen LogP contribution >= 0.6 is 0 Å². The molecule has 0 radical (unpaired) electrons. The quantitative estimate of drug-likeness (QED) is 0.436. The molecule has 0 aliphatic rings. The minimum absolute atomic E-state index is 0.127. The predicted octanol–water partition coefficient (Wildman–Crippen LogP) is 1.04. The van der Waals surface area contributed by atoms with Gasteiger partial charge < -0.3 is 15.6 Å². The van der Waals surface area contributed by atoms with Crippen LogP contribution in [0.1, 0.15) is 24.8 Å². The van der Waals surface area contributed by atoms with E-state index >= 15 is 0 Å². The number of carboxylic acid groups (broad SMARTS) is 1. The largest absolute Gasteiger partial charge is 0.480 e. The maximum atomic E-state index is 11.6. The Bertz CT molecular complexity index is 528. The number of benzene rings is 1.